The van der Waals surface area contributed by atoms with Gasteiger partial charge in [0.05, 0.1) is 0 Å². The van der Waals surface area contributed by atoms with Crippen molar-refractivity contribution in [1.82, 2.24) is 9.78 Å². The lowest BCUT2D eigenvalue weighted by atomic mass is 9.96. The number of fused-ring (bicyclic) bond motifs is 1. The van der Waals surface area contributed by atoms with Crippen molar-refractivity contribution >= 4 is 0 Å². The van der Waals surface area contributed by atoms with Crippen LogP contribution in [0.5, 0.6) is 0 Å². The Hall–Kier alpha value is -1.23. The lowest BCUT2D eigenvalue weighted by molar-refractivity contribution is 0.626. The summed E-state index contributed by atoms with van der Waals surface area (Å²) >= 11 is 0. The van der Waals surface area contributed by atoms with Gasteiger partial charge in [-0.2, -0.15) is 5.10 Å². The molecular weight excluding hydrogens is 148 g/mol. The summed E-state index contributed by atoms with van der Waals surface area (Å²) in [4.78, 5) is 0. The van der Waals surface area contributed by atoms with E-state index in [2.05, 4.69) is 11.0 Å². The molecule has 2 nitrogen and oxygen atoms in total. The molecule has 0 N–H and O–H groups in total. The molecule has 0 bridgehead atoms. The van der Waals surface area contributed by atoms with Gasteiger partial charge in [-0.25, -0.2) is 0 Å². The Morgan fingerprint density at radius 3 is 2.92 bits per heavy atom. The number of aromatic nitrogens is 2. The van der Waals surface area contributed by atoms with Gasteiger partial charge in [-0.3, -0.25) is 4.68 Å². The molecule has 0 radical (unpaired) electrons. The maximum Gasteiger partial charge on any atom is 0.138 e. The Balaban J connectivity index is 2.56. The highest BCUT2D eigenvalue weighted by atomic mass is 15.3. The van der Waals surface area contributed by atoms with Crippen LogP contribution in [0.25, 0.3) is 0 Å². The lowest BCUT2D eigenvalue weighted by Gasteiger charge is -2.11. The summed E-state index contributed by atoms with van der Waals surface area (Å²) in [6.45, 7) is 0. The number of hydrogen-bond donors (Lipinski definition) is 0. The lowest BCUT2D eigenvalue weighted by Crippen LogP contribution is -2.05. The van der Waals surface area contributed by atoms with Crippen LogP contribution in [0.4, 0.5) is 0 Å². The van der Waals surface area contributed by atoms with Gasteiger partial charge in [-0.1, -0.05) is 0 Å². The van der Waals surface area contributed by atoms with Crippen molar-refractivity contribution in [3.05, 3.63) is 17.0 Å². The first-order valence-electron chi connectivity index (χ1n) is 4.34. The molecule has 1 heterocycles. The van der Waals surface area contributed by atoms with E-state index in [4.69, 9.17) is 6.42 Å². The molecule has 1 aromatic heterocycles. The molecule has 0 fully saturated rings. The fraction of sp³-hybridized carbons (Fsp3) is 0.500. The molecule has 1 aliphatic carbocycles. The summed E-state index contributed by atoms with van der Waals surface area (Å²) in [5.41, 5.74) is 3.51. The van der Waals surface area contributed by atoms with Crippen molar-refractivity contribution < 1.29 is 0 Å². The number of aryl methyl sites for hydroxylation is 1. The minimum absolute atomic E-state index is 0.854. The first-order chi connectivity index (χ1) is 5.83. The zero-order valence-corrected chi connectivity index (χ0v) is 7.30. The minimum Gasteiger partial charge on any atom is -0.271 e. The summed E-state index contributed by atoms with van der Waals surface area (Å²) in [6, 6.07) is 0. The molecular formula is C10H12N2. The number of nitrogens with zero attached hydrogens (tertiary/aromatic N) is 2. The van der Waals surface area contributed by atoms with Crippen LogP contribution in [-0.2, 0) is 19.9 Å². The molecule has 0 spiro atoms. The Morgan fingerprint density at radius 1 is 1.42 bits per heavy atom. The maximum atomic E-state index is 5.36. The van der Waals surface area contributed by atoms with Crippen LogP contribution in [0.15, 0.2) is 0 Å². The van der Waals surface area contributed by atoms with E-state index >= 15 is 0 Å². The summed E-state index contributed by atoms with van der Waals surface area (Å²) in [5.74, 6) is 2.64. The van der Waals surface area contributed by atoms with E-state index in [0.29, 0.717) is 0 Å². The average Bonchev–Trinajstić information content (AvgIpc) is 2.44. The molecule has 0 aromatic carbocycles. The van der Waals surface area contributed by atoms with E-state index in [9.17, 15) is 0 Å². The second-order valence-corrected chi connectivity index (χ2v) is 3.25. The van der Waals surface area contributed by atoms with Crippen molar-refractivity contribution in [2.45, 2.75) is 25.7 Å². The third kappa shape index (κ3) is 0.937. The summed E-state index contributed by atoms with van der Waals surface area (Å²) in [5, 5.41) is 4.29. The zero-order valence-electron chi connectivity index (χ0n) is 7.30. The zero-order chi connectivity index (χ0) is 8.55. The van der Waals surface area contributed by atoms with Crippen LogP contribution in [-0.4, -0.2) is 9.78 Å². The van der Waals surface area contributed by atoms with Crippen LogP contribution in [0.3, 0.4) is 0 Å². The monoisotopic (exact) mass is 160 g/mol. The molecule has 2 heteroatoms. The van der Waals surface area contributed by atoms with E-state index in [-0.39, 0.29) is 0 Å². The van der Waals surface area contributed by atoms with Gasteiger partial charge in [-0.15, -0.1) is 6.42 Å². The quantitative estimate of drug-likeness (QED) is 0.523. The third-order valence-corrected chi connectivity index (χ3v) is 2.50. The fourth-order valence-corrected chi connectivity index (χ4v) is 1.89. The van der Waals surface area contributed by atoms with E-state index in [1.165, 1.54) is 24.1 Å². The van der Waals surface area contributed by atoms with Crippen LogP contribution in [0, 0.1) is 12.3 Å². The molecule has 1 aromatic rings. The molecule has 0 aliphatic heterocycles. The van der Waals surface area contributed by atoms with Crippen LogP contribution in [0.1, 0.15) is 29.8 Å². The molecule has 0 unspecified atom stereocenters. The van der Waals surface area contributed by atoms with Crippen molar-refractivity contribution in [3.8, 4) is 12.3 Å². The SMILES string of the molecule is C#Cc1nn(C)c2c1CCCC2. The average molecular weight is 160 g/mol. The predicted octanol–water partition coefficient (Wildman–Crippen LogP) is 1.28. The molecule has 0 amide bonds. The molecule has 0 saturated heterocycles. The van der Waals surface area contributed by atoms with Crippen molar-refractivity contribution in [2.75, 3.05) is 0 Å². The molecule has 2 rings (SSSR count). The molecule has 12 heavy (non-hydrogen) atoms. The molecule has 0 saturated carbocycles. The van der Waals surface area contributed by atoms with Gasteiger partial charge in [0, 0.05) is 18.3 Å². The second kappa shape index (κ2) is 2.67. The Labute approximate surface area is 72.6 Å². The normalized spacial score (nSPS) is 15.3. The topological polar surface area (TPSA) is 17.8 Å². The highest BCUT2D eigenvalue weighted by Gasteiger charge is 2.17. The van der Waals surface area contributed by atoms with Gasteiger partial charge in [0.2, 0.25) is 0 Å². The van der Waals surface area contributed by atoms with Crippen LogP contribution >= 0.6 is 0 Å². The Morgan fingerprint density at radius 2 is 2.17 bits per heavy atom. The summed E-state index contributed by atoms with van der Waals surface area (Å²) < 4.78 is 1.93. The van der Waals surface area contributed by atoms with Crippen molar-refractivity contribution in [2.24, 2.45) is 7.05 Å². The largest absolute Gasteiger partial charge is 0.271 e. The first kappa shape index (κ1) is 7.42. The maximum absolute atomic E-state index is 5.36. The van der Waals surface area contributed by atoms with Crippen molar-refractivity contribution in [1.29, 1.82) is 0 Å². The van der Waals surface area contributed by atoms with E-state index in [1.54, 1.807) is 0 Å². The standard InChI is InChI=1S/C10H12N2/c1-3-9-8-6-4-5-7-10(8)12(2)11-9/h1H,4-7H2,2H3. The molecule has 62 valence electrons. The number of hydrogen-bond acceptors (Lipinski definition) is 1. The first-order valence-corrected chi connectivity index (χ1v) is 4.34. The van der Waals surface area contributed by atoms with Gasteiger partial charge in [0.1, 0.15) is 5.69 Å². The van der Waals surface area contributed by atoms with Gasteiger partial charge < -0.3 is 0 Å². The second-order valence-electron chi connectivity index (χ2n) is 3.25. The predicted molar refractivity (Wildman–Crippen MR) is 47.8 cm³/mol. The van der Waals surface area contributed by atoms with E-state index in [0.717, 1.165) is 18.5 Å². The van der Waals surface area contributed by atoms with Gasteiger partial charge >= 0.3 is 0 Å². The molecule has 0 atom stereocenters. The van der Waals surface area contributed by atoms with Gasteiger partial charge in [0.15, 0.2) is 0 Å². The fourth-order valence-electron chi connectivity index (χ4n) is 1.89. The highest BCUT2D eigenvalue weighted by molar-refractivity contribution is 5.38. The van der Waals surface area contributed by atoms with Gasteiger partial charge in [-0.05, 0) is 31.6 Å². The summed E-state index contributed by atoms with van der Waals surface area (Å²) in [6.07, 6.45) is 10.1. The highest BCUT2D eigenvalue weighted by Crippen LogP contribution is 2.22. The van der Waals surface area contributed by atoms with E-state index in [1.807, 2.05) is 11.7 Å². The van der Waals surface area contributed by atoms with Crippen molar-refractivity contribution in [3.63, 3.8) is 0 Å². The number of terminal acetylenes is 1. The minimum atomic E-state index is 0.854. The number of rotatable bonds is 0. The van der Waals surface area contributed by atoms with Crippen LogP contribution in [0.2, 0.25) is 0 Å². The Kier molecular flexibility index (Phi) is 1.65. The Bertz CT molecular complexity index is 341. The van der Waals surface area contributed by atoms with Gasteiger partial charge in [0.25, 0.3) is 0 Å². The summed E-state index contributed by atoms with van der Waals surface area (Å²) in [7, 11) is 1.98. The van der Waals surface area contributed by atoms with E-state index < -0.39 is 0 Å². The molecule has 1 aliphatic rings. The smallest absolute Gasteiger partial charge is 0.138 e. The van der Waals surface area contributed by atoms with Crippen LogP contribution < -0.4 is 0 Å². The third-order valence-electron chi connectivity index (χ3n) is 2.50.